The van der Waals surface area contributed by atoms with Gasteiger partial charge in [-0.15, -0.1) is 0 Å². The van der Waals surface area contributed by atoms with Gasteiger partial charge in [-0.3, -0.25) is 0 Å². The molecule has 0 aliphatic carbocycles. The minimum atomic E-state index is -4.22. The first-order valence-corrected chi connectivity index (χ1v) is 16.1. The molecule has 0 saturated heterocycles. The van der Waals surface area contributed by atoms with Crippen LogP contribution in [0.3, 0.4) is 0 Å². The fourth-order valence-corrected chi connectivity index (χ4v) is 10.1. The molecule has 2 heterocycles. The zero-order chi connectivity index (χ0) is 26.2. The molecule has 0 fully saturated rings. The summed E-state index contributed by atoms with van der Waals surface area (Å²) in [4.78, 5) is 4.11. The molecule has 7 nitrogen and oxygen atoms in total. The SMILES string of the molecule is O=S(=O)(Nc1ccc(CNC2=CC(c3ccccc3O)=NC3=C(Br)C=NI23)cc1)c1ccc(F)cc1F. The van der Waals surface area contributed by atoms with E-state index in [-0.39, 0.29) is 11.4 Å². The minimum absolute atomic E-state index is 0.133. The first kappa shape index (κ1) is 25.5. The summed E-state index contributed by atoms with van der Waals surface area (Å²) in [7, 11) is -4.22. The molecule has 0 atom stereocenters. The number of allylic oxidation sites excluding steroid dienone is 2. The van der Waals surface area contributed by atoms with Gasteiger partial charge in [0.1, 0.15) is 5.82 Å². The van der Waals surface area contributed by atoms with E-state index in [9.17, 15) is 22.3 Å². The number of rotatable bonds is 7. The number of halogens is 4. The molecule has 3 N–H and O–H groups in total. The number of benzene rings is 3. The Hall–Kier alpha value is -3.10. The number of sulfonamides is 1. The Kier molecular flexibility index (Phi) is 7.14. The van der Waals surface area contributed by atoms with Crippen LogP contribution in [0.4, 0.5) is 14.5 Å². The van der Waals surface area contributed by atoms with Gasteiger partial charge in [0.15, 0.2) is 0 Å². The molecule has 12 heteroatoms. The van der Waals surface area contributed by atoms with Crippen LogP contribution < -0.4 is 10.0 Å². The summed E-state index contributed by atoms with van der Waals surface area (Å²) in [6.45, 7) is 0.438. The van der Waals surface area contributed by atoms with E-state index in [1.807, 2.05) is 12.1 Å². The predicted molar refractivity (Wildman–Crippen MR) is 152 cm³/mol. The van der Waals surface area contributed by atoms with Gasteiger partial charge in [0, 0.05) is 0 Å². The van der Waals surface area contributed by atoms with Crippen LogP contribution in [0.2, 0.25) is 0 Å². The van der Waals surface area contributed by atoms with Crippen LogP contribution in [0.5, 0.6) is 5.75 Å². The standard InChI is InChI=1S/C25H18BrF2IN4O3S/c26-19-14-31-29-24(12-21(32-25(19)29)18-3-1-2-4-22(18)34)30-13-15-5-8-17(9-6-15)33-37(35,36)23-10-7-16(27)11-20(23)28/h1-12,14,30,33-34H,13H2. The molecule has 3 aromatic rings. The first-order valence-electron chi connectivity index (χ1n) is 10.7. The summed E-state index contributed by atoms with van der Waals surface area (Å²) < 4.78 is 61.7. The van der Waals surface area contributed by atoms with E-state index in [1.165, 1.54) is 0 Å². The maximum absolute atomic E-state index is 14.0. The summed E-state index contributed by atoms with van der Waals surface area (Å²) >= 11 is 1.39. The van der Waals surface area contributed by atoms with Crippen molar-refractivity contribution >= 4 is 63.7 Å². The maximum atomic E-state index is 14.0. The Morgan fingerprint density at radius 2 is 1.78 bits per heavy atom. The third-order valence-corrected chi connectivity index (χ3v) is 12.5. The first-order chi connectivity index (χ1) is 17.7. The van der Waals surface area contributed by atoms with Crippen LogP contribution >= 0.6 is 36.0 Å². The molecular weight excluding hydrogens is 681 g/mol. The molecule has 2 aliphatic heterocycles. The van der Waals surface area contributed by atoms with Crippen molar-refractivity contribution in [3.63, 3.8) is 0 Å². The monoisotopic (exact) mass is 698 g/mol. The Balaban J connectivity index is 1.32. The van der Waals surface area contributed by atoms with Gasteiger partial charge in [0.25, 0.3) is 0 Å². The summed E-state index contributed by atoms with van der Waals surface area (Å²) in [5.74, 6) is -1.89. The number of aliphatic imine (C=N–C) groups is 1. The van der Waals surface area contributed by atoms with E-state index in [0.717, 1.165) is 29.6 Å². The summed E-state index contributed by atoms with van der Waals surface area (Å²) in [6.07, 6.45) is 3.67. The average Bonchev–Trinajstić information content (AvgIpc) is 3.24. The number of nitrogens with zero attached hydrogens (tertiary/aromatic N) is 2. The van der Waals surface area contributed by atoms with Crippen LogP contribution in [-0.4, -0.2) is 25.5 Å². The molecule has 190 valence electrons. The molecule has 0 aromatic heterocycles. The molecule has 0 amide bonds. The van der Waals surface area contributed by atoms with E-state index in [4.69, 9.17) is 4.99 Å². The molecule has 3 aromatic carbocycles. The summed E-state index contributed by atoms with van der Waals surface area (Å²) in [5.41, 5.74) is 2.35. The van der Waals surface area contributed by atoms with Crippen molar-refractivity contribution in [3.05, 3.63) is 107 Å². The quantitative estimate of drug-likeness (QED) is 0.209. The Labute approximate surface area is 227 Å². The van der Waals surface area contributed by atoms with Crippen LogP contribution in [-0.2, 0) is 16.6 Å². The van der Waals surface area contributed by atoms with Crippen molar-refractivity contribution in [2.75, 3.05) is 4.72 Å². The average molecular weight is 699 g/mol. The number of hydrogen-bond donors (Lipinski definition) is 3. The number of hydrogen-bond acceptors (Lipinski definition) is 6. The fraction of sp³-hybridized carbons (Fsp3) is 0.0400. The second-order valence-electron chi connectivity index (χ2n) is 7.87. The van der Waals surface area contributed by atoms with Crippen molar-refractivity contribution in [2.45, 2.75) is 11.4 Å². The van der Waals surface area contributed by atoms with E-state index in [0.29, 0.717) is 23.9 Å². The van der Waals surface area contributed by atoms with Gasteiger partial charge in [0.05, 0.1) is 0 Å². The van der Waals surface area contributed by atoms with Gasteiger partial charge in [0.2, 0.25) is 0 Å². The molecule has 5 rings (SSSR count). The Morgan fingerprint density at radius 3 is 2.51 bits per heavy atom. The van der Waals surface area contributed by atoms with Crippen molar-refractivity contribution < 1.29 is 22.3 Å². The van der Waals surface area contributed by atoms with Crippen LogP contribution in [0.1, 0.15) is 11.1 Å². The molecule has 37 heavy (non-hydrogen) atoms. The molecular formula is C25H18BrF2IN4O3S. The third kappa shape index (κ3) is 5.45. The zero-order valence-corrected chi connectivity index (χ0v) is 23.4. The fourth-order valence-electron chi connectivity index (χ4n) is 3.55. The summed E-state index contributed by atoms with van der Waals surface area (Å²) in [5, 5.41) is 13.7. The zero-order valence-electron chi connectivity index (χ0n) is 18.8. The van der Waals surface area contributed by atoms with E-state index in [1.54, 1.807) is 48.7 Å². The number of phenols is 1. The van der Waals surface area contributed by atoms with Gasteiger partial charge in [-0.25, -0.2) is 4.39 Å². The Bertz CT molecular complexity index is 1620. The van der Waals surface area contributed by atoms with Crippen LogP contribution in [0.15, 0.2) is 97.8 Å². The number of aromatic hydroxyl groups is 1. The van der Waals surface area contributed by atoms with E-state index in [2.05, 4.69) is 29.2 Å². The van der Waals surface area contributed by atoms with Crippen molar-refractivity contribution in [1.29, 1.82) is 0 Å². The number of phenolic OH excluding ortho intramolecular Hbond substituents is 1. The molecule has 2 aliphatic rings. The van der Waals surface area contributed by atoms with Gasteiger partial charge in [-0.05, 0) is 0 Å². The molecule has 0 saturated carbocycles. The van der Waals surface area contributed by atoms with E-state index < -0.39 is 46.6 Å². The van der Waals surface area contributed by atoms with Gasteiger partial charge in [-0.1, -0.05) is 0 Å². The van der Waals surface area contributed by atoms with Crippen LogP contribution in [0, 0.1) is 11.6 Å². The van der Waals surface area contributed by atoms with Gasteiger partial charge in [-0.2, -0.15) is 0 Å². The molecule has 0 spiro atoms. The topological polar surface area (TPSA) is 103 Å². The molecule has 0 bridgehead atoms. The Morgan fingerprint density at radius 1 is 1.03 bits per heavy atom. The van der Waals surface area contributed by atoms with Crippen molar-refractivity contribution in [1.82, 2.24) is 5.32 Å². The molecule has 0 radical (unpaired) electrons. The summed E-state index contributed by atoms with van der Waals surface area (Å²) in [6, 6.07) is 15.9. The normalized spacial score (nSPS) is 15.8. The number of para-hydroxylation sites is 1. The number of anilines is 1. The number of nitrogens with one attached hydrogen (secondary N) is 2. The number of fused-ring (bicyclic) bond motifs is 1. The van der Waals surface area contributed by atoms with Crippen LogP contribution in [0.25, 0.3) is 0 Å². The second kappa shape index (κ2) is 10.3. The van der Waals surface area contributed by atoms with Crippen molar-refractivity contribution in [2.24, 2.45) is 8.20 Å². The molecule has 0 unspecified atom stereocenters. The second-order valence-corrected chi connectivity index (χ2v) is 14.6. The predicted octanol–water partition coefficient (Wildman–Crippen LogP) is 5.97. The van der Waals surface area contributed by atoms with Gasteiger partial charge >= 0.3 is 219 Å². The van der Waals surface area contributed by atoms with E-state index >= 15 is 0 Å². The van der Waals surface area contributed by atoms with Gasteiger partial charge < -0.3 is 0 Å². The third-order valence-electron chi connectivity index (χ3n) is 5.33. The van der Waals surface area contributed by atoms with Crippen molar-refractivity contribution in [3.8, 4) is 5.75 Å².